The molecule has 1 N–H and O–H groups in total. The molecule has 2 aromatic carbocycles. The van der Waals surface area contributed by atoms with Gasteiger partial charge in [0.05, 0.1) is 24.8 Å². The van der Waals surface area contributed by atoms with Gasteiger partial charge in [0.25, 0.3) is 0 Å². The van der Waals surface area contributed by atoms with Crippen molar-refractivity contribution in [3.8, 4) is 11.5 Å². The van der Waals surface area contributed by atoms with Gasteiger partial charge in [0.2, 0.25) is 11.8 Å². The number of nitrogens with one attached hydrogen (secondary N) is 1. The molecule has 0 aromatic heterocycles. The number of carbonyl (C=O) groups is 2. The summed E-state index contributed by atoms with van der Waals surface area (Å²) in [6.45, 7) is 1.56. The Bertz CT molecular complexity index is 888. The lowest BCUT2D eigenvalue weighted by Gasteiger charge is -2.31. The molecule has 0 radical (unpaired) electrons. The molecule has 2 aliphatic rings. The standard InChI is InChI=1S/C26H32N2O4/c29-25(16-19-31-21-8-2-1-3-9-21)28-17-14-20(15-18-28)26(30)27-23-12-6-7-13-24(23)32-22-10-4-5-11-22/h1-3,6-9,12-13,20,22H,4-5,10-11,14-19H2,(H,27,30). The van der Waals surface area contributed by atoms with Crippen LogP contribution in [-0.4, -0.2) is 42.5 Å². The number of para-hydroxylation sites is 3. The van der Waals surface area contributed by atoms with Gasteiger partial charge in [0.15, 0.2) is 0 Å². The number of ether oxygens (including phenoxy) is 2. The molecule has 1 saturated carbocycles. The third-order valence-corrected chi connectivity index (χ3v) is 6.29. The van der Waals surface area contributed by atoms with Crippen LogP contribution in [0.4, 0.5) is 5.69 Å². The maximum atomic E-state index is 12.9. The number of anilines is 1. The van der Waals surface area contributed by atoms with Gasteiger partial charge in [-0.25, -0.2) is 0 Å². The molecule has 1 saturated heterocycles. The number of nitrogens with zero attached hydrogens (tertiary/aromatic N) is 1. The van der Waals surface area contributed by atoms with Gasteiger partial charge in [0.1, 0.15) is 11.5 Å². The summed E-state index contributed by atoms with van der Waals surface area (Å²) in [4.78, 5) is 27.2. The number of hydrogen-bond acceptors (Lipinski definition) is 4. The molecule has 6 nitrogen and oxygen atoms in total. The van der Waals surface area contributed by atoms with E-state index in [9.17, 15) is 9.59 Å². The van der Waals surface area contributed by atoms with Crippen LogP contribution >= 0.6 is 0 Å². The quantitative estimate of drug-likeness (QED) is 0.654. The monoisotopic (exact) mass is 436 g/mol. The zero-order valence-corrected chi connectivity index (χ0v) is 18.5. The molecule has 1 aliphatic carbocycles. The molecule has 0 spiro atoms. The van der Waals surface area contributed by atoms with E-state index in [-0.39, 0.29) is 23.8 Å². The van der Waals surface area contributed by atoms with Crippen molar-refractivity contribution in [1.29, 1.82) is 0 Å². The highest BCUT2D eigenvalue weighted by molar-refractivity contribution is 5.94. The lowest BCUT2D eigenvalue weighted by molar-refractivity contribution is -0.135. The first-order valence-electron chi connectivity index (χ1n) is 11.7. The maximum Gasteiger partial charge on any atom is 0.227 e. The summed E-state index contributed by atoms with van der Waals surface area (Å²) in [5.74, 6) is 1.51. The van der Waals surface area contributed by atoms with E-state index >= 15 is 0 Å². The van der Waals surface area contributed by atoms with E-state index in [1.165, 1.54) is 12.8 Å². The van der Waals surface area contributed by atoms with Gasteiger partial charge in [-0.05, 0) is 62.8 Å². The molecule has 2 amide bonds. The highest BCUT2D eigenvalue weighted by atomic mass is 16.5. The minimum absolute atomic E-state index is 0.00646. The summed E-state index contributed by atoms with van der Waals surface area (Å²) in [6, 6.07) is 17.2. The average Bonchev–Trinajstić information content (AvgIpc) is 3.34. The van der Waals surface area contributed by atoms with Crippen molar-refractivity contribution in [2.75, 3.05) is 25.0 Å². The normalized spacial score (nSPS) is 17.2. The van der Waals surface area contributed by atoms with Gasteiger partial charge in [0, 0.05) is 19.0 Å². The van der Waals surface area contributed by atoms with Gasteiger partial charge in [-0.1, -0.05) is 30.3 Å². The zero-order chi connectivity index (χ0) is 22.2. The summed E-state index contributed by atoms with van der Waals surface area (Å²) in [7, 11) is 0. The second-order valence-electron chi connectivity index (χ2n) is 8.58. The minimum atomic E-state index is -0.0980. The van der Waals surface area contributed by atoms with E-state index in [2.05, 4.69) is 5.32 Å². The molecular weight excluding hydrogens is 404 g/mol. The average molecular weight is 437 g/mol. The fourth-order valence-electron chi connectivity index (χ4n) is 4.42. The number of rotatable bonds is 8. The number of amides is 2. The second kappa shape index (κ2) is 11.0. The Morgan fingerprint density at radius 2 is 1.59 bits per heavy atom. The topological polar surface area (TPSA) is 67.9 Å². The van der Waals surface area contributed by atoms with Gasteiger partial charge in [-0.2, -0.15) is 0 Å². The van der Waals surface area contributed by atoms with E-state index in [1.807, 2.05) is 59.5 Å². The summed E-state index contributed by atoms with van der Waals surface area (Å²) < 4.78 is 11.8. The molecule has 0 unspecified atom stereocenters. The van der Waals surface area contributed by atoms with Crippen molar-refractivity contribution < 1.29 is 19.1 Å². The molecule has 32 heavy (non-hydrogen) atoms. The van der Waals surface area contributed by atoms with Crippen LogP contribution in [0.2, 0.25) is 0 Å². The third-order valence-electron chi connectivity index (χ3n) is 6.29. The highest BCUT2D eigenvalue weighted by Gasteiger charge is 2.28. The summed E-state index contributed by atoms with van der Waals surface area (Å²) in [5, 5.41) is 3.06. The Morgan fingerprint density at radius 3 is 2.34 bits per heavy atom. The van der Waals surface area contributed by atoms with Crippen LogP contribution in [0, 0.1) is 5.92 Å². The van der Waals surface area contributed by atoms with Crippen molar-refractivity contribution in [2.24, 2.45) is 5.92 Å². The highest BCUT2D eigenvalue weighted by Crippen LogP contribution is 2.30. The van der Waals surface area contributed by atoms with E-state index in [0.717, 1.165) is 30.0 Å². The van der Waals surface area contributed by atoms with Gasteiger partial charge in [-0.3, -0.25) is 9.59 Å². The first-order chi connectivity index (χ1) is 15.7. The Labute approximate surface area is 189 Å². The SMILES string of the molecule is O=C(Nc1ccccc1OC1CCCC1)C1CCN(C(=O)CCOc2ccccc2)CC1. The first kappa shape index (κ1) is 22.2. The predicted octanol–water partition coefficient (Wildman–Crippen LogP) is 4.65. The van der Waals surface area contributed by atoms with Crippen LogP contribution in [0.15, 0.2) is 54.6 Å². The Hall–Kier alpha value is -3.02. The van der Waals surface area contributed by atoms with Crippen LogP contribution in [0.1, 0.15) is 44.9 Å². The molecule has 170 valence electrons. The van der Waals surface area contributed by atoms with Gasteiger partial charge < -0.3 is 19.7 Å². The van der Waals surface area contributed by atoms with Crippen molar-refractivity contribution in [3.05, 3.63) is 54.6 Å². The molecule has 6 heteroatoms. The number of likely N-dealkylation sites (tertiary alicyclic amines) is 1. The lowest BCUT2D eigenvalue weighted by Crippen LogP contribution is -2.41. The fourth-order valence-corrected chi connectivity index (χ4v) is 4.42. The number of piperidine rings is 1. The Morgan fingerprint density at radius 1 is 0.906 bits per heavy atom. The molecule has 0 atom stereocenters. The van der Waals surface area contributed by atoms with E-state index in [4.69, 9.17) is 9.47 Å². The lowest BCUT2D eigenvalue weighted by atomic mass is 9.95. The van der Waals surface area contributed by atoms with Crippen LogP contribution in [0.25, 0.3) is 0 Å². The molecule has 0 bridgehead atoms. The van der Waals surface area contributed by atoms with Crippen LogP contribution < -0.4 is 14.8 Å². The second-order valence-corrected chi connectivity index (χ2v) is 8.58. The van der Waals surface area contributed by atoms with Crippen LogP contribution in [0.5, 0.6) is 11.5 Å². The first-order valence-corrected chi connectivity index (χ1v) is 11.7. The molecule has 1 aliphatic heterocycles. The van der Waals surface area contributed by atoms with Crippen LogP contribution in [0.3, 0.4) is 0 Å². The largest absolute Gasteiger partial charge is 0.493 e. The predicted molar refractivity (Wildman–Crippen MR) is 124 cm³/mol. The molecule has 1 heterocycles. The molecular formula is C26H32N2O4. The summed E-state index contributed by atoms with van der Waals surface area (Å²) in [6.07, 6.45) is 6.48. The summed E-state index contributed by atoms with van der Waals surface area (Å²) in [5.41, 5.74) is 0.737. The number of hydrogen-bond donors (Lipinski definition) is 1. The molecule has 4 rings (SSSR count). The van der Waals surface area contributed by atoms with E-state index in [0.29, 0.717) is 39.0 Å². The Kier molecular flexibility index (Phi) is 7.64. The number of benzene rings is 2. The van der Waals surface area contributed by atoms with E-state index in [1.54, 1.807) is 0 Å². The number of carbonyl (C=O) groups excluding carboxylic acids is 2. The summed E-state index contributed by atoms with van der Waals surface area (Å²) >= 11 is 0. The molecule has 2 aromatic rings. The third kappa shape index (κ3) is 6.02. The van der Waals surface area contributed by atoms with Gasteiger partial charge in [-0.15, -0.1) is 0 Å². The van der Waals surface area contributed by atoms with Crippen molar-refractivity contribution in [3.63, 3.8) is 0 Å². The minimum Gasteiger partial charge on any atom is -0.493 e. The zero-order valence-electron chi connectivity index (χ0n) is 18.5. The smallest absolute Gasteiger partial charge is 0.227 e. The van der Waals surface area contributed by atoms with Crippen molar-refractivity contribution in [1.82, 2.24) is 4.90 Å². The van der Waals surface area contributed by atoms with E-state index < -0.39 is 0 Å². The van der Waals surface area contributed by atoms with Crippen molar-refractivity contribution >= 4 is 17.5 Å². The molecule has 2 fully saturated rings. The maximum absolute atomic E-state index is 12.9. The van der Waals surface area contributed by atoms with Crippen molar-refractivity contribution in [2.45, 2.75) is 51.0 Å². The van der Waals surface area contributed by atoms with Gasteiger partial charge >= 0.3 is 0 Å². The fraction of sp³-hybridized carbons (Fsp3) is 0.462. The Balaban J connectivity index is 1.22. The van der Waals surface area contributed by atoms with Crippen LogP contribution in [-0.2, 0) is 9.59 Å².